The molecule has 2 rings (SSSR count). The summed E-state index contributed by atoms with van der Waals surface area (Å²) in [6.45, 7) is 3.97. The molecule has 0 aromatic carbocycles. The third-order valence-electron chi connectivity index (χ3n) is 4.55. The van der Waals surface area contributed by atoms with E-state index in [4.69, 9.17) is 10.5 Å². The van der Waals surface area contributed by atoms with Gasteiger partial charge in [-0.15, -0.1) is 0 Å². The fraction of sp³-hybridized carbons (Fsp3) is 1.00. The van der Waals surface area contributed by atoms with E-state index in [0.29, 0.717) is 24.1 Å². The lowest BCUT2D eigenvalue weighted by molar-refractivity contribution is 0.0410. The molecule has 4 atom stereocenters. The molecule has 0 aromatic heterocycles. The molecule has 3 heteroatoms. The Balaban J connectivity index is 1.98. The van der Waals surface area contributed by atoms with Crippen molar-refractivity contribution in [3.63, 3.8) is 0 Å². The number of hydrogen-bond donors (Lipinski definition) is 1. The molecule has 0 amide bonds. The molecule has 1 saturated heterocycles. The number of hydrogen-bond acceptors (Lipinski definition) is 3. The summed E-state index contributed by atoms with van der Waals surface area (Å²) in [5.74, 6) is 0.701. The van der Waals surface area contributed by atoms with E-state index in [-0.39, 0.29) is 0 Å². The predicted molar refractivity (Wildman–Crippen MR) is 66.4 cm³/mol. The Morgan fingerprint density at radius 2 is 1.94 bits per heavy atom. The molecule has 3 nitrogen and oxygen atoms in total. The molecule has 2 aliphatic rings. The van der Waals surface area contributed by atoms with Crippen LogP contribution in [0.15, 0.2) is 0 Å². The molecule has 0 spiro atoms. The van der Waals surface area contributed by atoms with E-state index >= 15 is 0 Å². The van der Waals surface area contributed by atoms with Crippen LogP contribution in [0.5, 0.6) is 0 Å². The van der Waals surface area contributed by atoms with Crippen LogP contribution in [-0.2, 0) is 4.74 Å². The van der Waals surface area contributed by atoms with E-state index in [9.17, 15) is 0 Å². The van der Waals surface area contributed by atoms with Gasteiger partial charge in [-0.2, -0.15) is 0 Å². The zero-order chi connectivity index (χ0) is 11.5. The van der Waals surface area contributed by atoms with E-state index in [1.165, 1.54) is 32.1 Å². The van der Waals surface area contributed by atoms with Gasteiger partial charge in [0.2, 0.25) is 0 Å². The molecule has 1 aliphatic carbocycles. The van der Waals surface area contributed by atoms with Crippen LogP contribution in [0.25, 0.3) is 0 Å². The van der Waals surface area contributed by atoms with E-state index < -0.39 is 0 Å². The third kappa shape index (κ3) is 2.41. The Bertz CT molecular complexity index is 222. The highest BCUT2D eigenvalue weighted by Crippen LogP contribution is 2.31. The second-order valence-electron chi connectivity index (χ2n) is 5.44. The average Bonchev–Trinajstić information content (AvgIpc) is 2.74. The predicted octanol–water partition coefficient (Wildman–Crippen LogP) is 1.61. The van der Waals surface area contributed by atoms with Crippen LogP contribution in [0.3, 0.4) is 0 Å². The highest BCUT2D eigenvalue weighted by Gasteiger charge is 2.35. The number of nitrogens with zero attached hydrogens (tertiary/aromatic N) is 1. The first-order valence-corrected chi connectivity index (χ1v) is 6.77. The van der Waals surface area contributed by atoms with Crippen molar-refractivity contribution in [2.75, 3.05) is 20.2 Å². The Hall–Kier alpha value is -0.120. The topological polar surface area (TPSA) is 38.5 Å². The summed E-state index contributed by atoms with van der Waals surface area (Å²) in [4.78, 5) is 2.56. The Kier molecular flexibility index (Phi) is 4.22. The zero-order valence-corrected chi connectivity index (χ0v) is 10.7. The van der Waals surface area contributed by atoms with Gasteiger partial charge < -0.3 is 10.5 Å². The maximum Gasteiger partial charge on any atom is 0.0703 e. The number of likely N-dealkylation sites (N-methyl/N-ethyl adjacent to an activating group) is 1. The minimum absolute atomic E-state index is 0.394. The van der Waals surface area contributed by atoms with Gasteiger partial charge in [0.05, 0.1) is 6.10 Å². The first-order chi connectivity index (χ1) is 7.74. The van der Waals surface area contributed by atoms with Gasteiger partial charge in [-0.25, -0.2) is 0 Å². The normalized spacial score (nSPS) is 40.5. The second-order valence-corrected chi connectivity index (χ2v) is 5.44. The van der Waals surface area contributed by atoms with E-state index in [0.717, 1.165) is 13.2 Å². The fourth-order valence-electron chi connectivity index (χ4n) is 3.50. The molecule has 1 aliphatic heterocycles. The average molecular weight is 226 g/mol. The molecular weight excluding hydrogens is 200 g/mol. The molecule has 16 heavy (non-hydrogen) atoms. The maximum absolute atomic E-state index is 5.91. The smallest absolute Gasteiger partial charge is 0.0703 e. The van der Waals surface area contributed by atoms with Crippen molar-refractivity contribution in [3.8, 4) is 0 Å². The standard InChI is InChI=1S/C13H26N2O/c1-10-12(7-8-16-10)15(2)13-6-4-3-5-11(13)9-14/h10-13H,3-9,14H2,1-2H3. The van der Waals surface area contributed by atoms with Crippen LogP contribution in [0.2, 0.25) is 0 Å². The van der Waals surface area contributed by atoms with Gasteiger partial charge in [0.1, 0.15) is 0 Å². The minimum Gasteiger partial charge on any atom is -0.377 e. The number of nitrogens with two attached hydrogens (primary N) is 1. The highest BCUT2D eigenvalue weighted by atomic mass is 16.5. The van der Waals surface area contributed by atoms with Crippen molar-refractivity contribution >= 4 is 0 Å². The Morgan fingerprint density at radius 1 is 1.19 bits per heavy atom. The van der Waals surface area contributed by atoms with Crippen molar-refractivity contribution in [2.45, 2.75) is 57.2 Å². The summed E-state index contributed by atoms with van der Waals surface area (Å²) in [5.41, 5.74) is 5.91. The van der Waals surface area contributed by atoms with Gasteiger partial charge in [-0.3, -0.25) is 4.90 Å². The van der Waals surface area contributed by atoms with Gasteiger partial charge in [-0.05, 0) is 45.7 Å². The lowest BCUT2D eigenvalue weighted by Gasteiger charge is -2.41. The van der Waals surface area contributed by atoms with E-state index in [1.807, 2.05) is 0 Å². The van der Waals surface area contributed by atoms with Gasteiger partial charge >= 0.3 is 0 Å². The first-order valence-electron chi connectivity index (χ1n) is 6.77. The minimum atomic E-state index is 0.394. The molecule has 0 bridgehead atoms. The third-order valence-corrected chi connectivity index (χ3v) is 4.55. The van der Waals surface area contributed by atoms with Crippen molar-refractivity contribution in [2.24, 2.45) is 11.7 Å². The second kappa shape index (κ2) is 5.48. The van der Waals surface area contributed by atoms with E-state index in [2.05, 4.69) is 18.9 Å². The van der Waals surface area contributed by atoms with Crippen LogP contribution in [0.1, 0.15) is 39.0 Å². The largest absolute Gasteiger partial charge is 0.377 e. The fourth-order valence-corrected chi connectivity index (χ4v) is 3.50. The van der Waals surface area contributed by atoms with Crippen molar-refractivity contribution in [1.29, 1.82) is 0 Å². The van der Waals surface area contributed by atoms with Crippen LogP contribution in [0.4, 0.5) is 0 Å². The summed E-state index contributed by atoms with van der Waals surface area (Å²) >= 11 is 0. The SMILES string of the molecule is CC1OCCC1N(C)C1CCCCC1CN. The summed E-state index contributed by atoms with van der Waals surface area (Å²) in [7, 11) is 2.27. The number of ether oxygens (including phenoxy) is 1. The zero-order valence-electron chi connectivity index (χ0n) is 10.7. The van der Waals surface area contributed by atoms with Crippen LogP contribution >= 0.6 is 0 Å². The number of rotatable bonds is 3. The van der Waals surface area contributed by atoms with Gasteiger partial charge in [-0.1, -0.05) is 12.8 Å². The summed E-state index contributed by atoms with van der Waals surface area (Å²) < 4.78 is 5.67. The van der Waals surface area contributed by atoms with Gasteiger partial charge in [0.25, 0.3) is 0 Å². The van der Waals surface area contributed by atoms with Gasteiger partial charge in [0, 0.05) is 18.7 Å². The lowest BCUT2D eigenvalue weighted by atomic mass is 9.83. The van der Waals surface area contributed by atoms with Crippen molar-refractivity contribution in [3.05, 3.63) is 0 Å². The maximum atomic E-state index is 5.91. The summed E-state index contributed by atoms with van der Waals surface area (Å²) in [6, 6.07) is 1.30. The Labute approximate surface area is 99.3 Å². The molecular formula is C13H26N2O. The lowest BCUT2D eigenvalue weighted by Crippen LogP contribution is -2.49. The van der Waals surface area contributed by atoms with E-state index in [1.54, 1.807) is 0 Å². The Morgan fingerprint density at radius 3 is 2.56 bits per heavy atom. The van der Waals surface area contributed by atoms with Crippen LogP contribution in [-0.4, -0.2) is 43.3 Å². The molecule has 0 aromatic rings. The first kappa shape index (κ1) is 12.3. The van der Waals surface area contributed by atoms with Crippen LogP contribution in [0, 0.1) is 5.92 Å². The highest BCUT2D eigenvalue weighted by molar-refractivity contribution is 4.89. The van der Waals surface area contributed by atoms with Crippen molar-refractivity contribution in [1.82, 2.24) is 4.90 Å². The molecule has 2 fully saturated rings. The molecule has 4 unspecified atom stereocenters. The summed E-state index contributed by atoms with van der Waals surface area (Å²) in [5, 5.41) is 0. The molecule has 2 N–H and O–H groups in total. The monoisotopic (exact) mass is 226 g/mol. The molecule has 94 valence electrons. The van der Waals surface area contributed by atoms with Crippen LogP contribution < -0.4 is 5.73 Å². The molecule has 1 saturated carbocycles. The van der Waals surface area contributed by atoms with Crippen molar-refractivity contribution < 1.29 is 4.74 Å². The quantitative estimate of drug-likeness (QED) is 0.794. The molecule has 1 heterocycles. The summed E-state index contributed by atoms with van der Waals surface area (Å²) in [6.07, 6.45) is 6.95. The molecule has 0 radical (unpaired) electrons. The van der Waals surface area contributed by atoms with Gasteiger partial charge in [0.15, 0.2) is 0 Å².